The van der Waals surface area contributed by atoms with Crippen LogP contribution in [0.1, 0.15) is 20.3 Å². The average molecular weight is 191 g/mol. The van der Waals surface area contributed by atoms with Gasteiger partial charge in [0.25, 0.3) is 0 Å². The molecular weight excluding hydrogens is 178 g/mol. The molecule has 0 amide bonds. The Labute approximate surface area is 82.8 Å². The molecule has 0 heterocycles. The van der Waals surface area contributed by atoms with E-state index in [4.69, 9.17) is 5.21 Å². The highest BCUT2D eigenvalue weighted by atomic mass is 16.4. The molecule has 0 spiro atoms. The van der Waals surface area contributed by atoms with Crippen molar-refractivity contribution in [2.24, 2.45) is 17.0 Å². The molecule has 1 N–H and O–H groups in total. The van der Waals surface area contributed by atoms with Gasteiger partial charge in [0.2, 0.25) is 0 Å². The molecule has 0 aromatic carbocycles. The standard InChI is InChI=1S/C11H13NO2/c1-6-3-10(12-14)8-5-9(6)11(13)4-7(8)2/h3-4,8-9,14H,5H2,1-2H3/b12-10-. The predicted octanol–water partition coefficient (Wildman–Crippen LogP) is 1.93. The topological polar surface area (TPSA) is 49.7 Å². The summed E-state index contributed by atoms with van der Waals surface area (Å²) >= 11 is 0. The van der Waals surface area contributed by atoms with Crippen molar-refractivity contribution in [1.82, 2.24) is 0 Å². The Kier molecular flexibility index (Phi) is 2.02. The zero-order valence-electron chi connectivity index (χ0n) is 8.32. The molecule has 2 aliphatic rings. The van der Waals surface area contributed by atoms with E-state index in [1.165, 1.54) is 0 Å². The van der Waals surface area contributed by atoms with Gasteiger partial charge < -0.3 is 5.21 Å². The summed E-state index contributed by atoms with van der Waals surface area (Å²) in [5.41, 5.74) is 2.69. The van der Waals surface area contributed by atoms with Crippen LogP contribution in [0.25, 0.3) is 0 Å². The first-order valence-corrected chi connectivity index (χ1v) is 4.75. The number of hydrogen-bond acceptors (Lipinski definition) is 3. The van der Waals surface area contributed by atoms with E-state index in [1.54, 1.807) is 6.08 Å². The van der Waals surface area contributed by atoms with E-state index >= 15 is 0 Å². The minimum absolute atomic E-state index is 0.00852. The molecule has 0 aromatic rings. The molecule has 14 heavy (non-hydrogen) atoms. The Morgan fingerprint density at radius 1 is 1.29 bits per heavy atom. The normalized spacial score (nSPS) is 34.1. The van der Waals surface area contributed by atoms with Crippen LogP contribution in [0.5, 0.6) is 0 Å². The van der Waals surface area contributed by atoms with Gasteiger partial charge in [-0.15, -0.1) is 0 Å². The highest BCUT2D eigenvalue weighted by Crippen LogP contribution is 2.36. The summed E-state index contributed by atoms with van der Waals surface area (Å²) in [5.74, 6) is 0.324. The van der Waals surface area contributed by atoms with E-state index in [2.05, 4.69) is 5.16 Å². The molecule has 2 unspecified atom stereocenters. The SMILES string of the molecule is CC1=C/C(=N/O)C2CC1C(=O)C=C2C. The highest BCUT2D eigenvalue weighted by Gasteiger charge is 2.35. The lowest BCUT2D eigenvalue weighted by atomic mass is 9.71. The number of carbonyl (C=O) groups excluding carboxylic acids is 1. The summed E-state index contributed by atoms with van der Waals surface area (Å²) in [6.45, 7) is 3.83. The molecule has 0 radical (unpaired) electrons. The van der Waals surface area contributed by atoms with Crippen LogP contribution in [0.2, 0.25) is 0 Å². The third-order valence-corrected chi connectivity index (χ3v) is 3.13. The molecule has 2 aliphatic carbocycles. The Bertz CT molecular complexity index is 377. The third kappa shape index (κ3) is 1.20. The number of hydrogen-bond donors (Lipinski definition) is 1. The molecule has 2 bridgehead atoms. The molecule has 3 heteroatoms. The summed E-state index contributed by atoms with van der Waals surface area (Å²) in [6.07, 6.45) is 4.27. The molecule has 0 fully saturated rings. The van der Waals surface area contributed by atoms with Crippen LogP contribution in [0.15, 0.2) is 28.5 Å². The van der Waals surface area contributed by atoms with Crippen LogP contribution in [0.4, 0.5) is 0 Å². The van der Waals surface area contributed by atoms with Gasteiger partial charge in [-0.05, 0) is 32.4 Å². The number of ketones is 1. The Balaban J connectivity index is 2.48. The average Bonchev–Trinajstić information content (AvgIpc) is 2.15. The number of carbonyl (C=O) groups is 1. The maximum absolute atomic E-state index is 11.6. The van der Waals surface area contributed by atoms with E-state index in [1.807, 2.05) is 19.9 Å². The number of oxime groups is 1. The summed E-state index contributed by atoms with van der Waals surface area (Å²) in [4.78, 5) is 11.6. The molecule has 0 saturated heterocycles. The van der Waals surface area contributed by atoms with Crippen molar-refractivity contribution in [2.45, 2.75) is 20.3 Å². The molecule has 3 nitrogen and oxygen atoms in total. The van der Waals surface area contributed by atoms with Crippen molar-refractivity contribution in [3.05, 3.63) is 23.3 Å². The zero-order valence-corrected chi connectivity index (χ0v) is 8.32. The van der Waals surface area contributed by atoms with Crippen LogP contribution in [0.3, 0.4) is 0 Å². The lowest BCUT2D eigenvalue weighted by molar-refractivity contribution is -0.118. The van der Waals surface area contributed by atoms with Crippen LogP contribution >= 0.6 is 0 Å². The van der Waals surface area contributed by atoms with Crippen LogP contribution in [-0.4, -0.2) is 16.7 Å². The third-order valence-electron chi connectivity index (χ3n) is 3.13. The van der Waals surface area contributed by atoms with Gasteiger partial charge in [0.05, 0.1) is 5.71 Å². The van der Waals surface area contributed by atoms with E-state index in [0.29, 0.717) is 5.71 Å². The summed E-state index contributed by atoms with van der Waals surface area (Å²) < 4.78 is 0. The van der Waals surface area contributed by atoms with Crippen molar-refractivity contribution in [3.8, 4) is 0 Å². The van der Waals surface area contributed by atoms with Gasteiger partial charge in [0, 0.05) is 11.8 Å². The molecule has 2 atom stereocenters. The number of allylic oxidation sites excluding steroid dienone is 4. The van der Waals surface area contributed by atoms with E-state index in [9.17, 15) is 4.79 Å². The van der Waals surface area contributed by atoms with E-state index < -0.39 is 0 Å². The lowest BCUT2D eigenvalue weighted by Gasteiger charge is -2.32. The van der Waals surface area contributed by atoms with Crippen LogP contribution in [0, 0.1) is 11.8 Å². The van der Waals surface area contributed by atoms with Gasteiger partial charge in [0.1, 0.15) is 0 Å². The fourth-order valence-corrected chi connectivity index (χ4v) is 2.26. The molecule has 0 aliphatic heterocycles. The summed E-state index contributed by atoms with van der Waals surface area (Å²) in [6, 6.07) is 0. The van der Waals surface area contributed by atoms with Crippen molar-refractivity contribution in [2.75, 3.05) is 0 Å². The van der Waals surface area contributed by atoms with Crippen molar-refractivity contribution < 1.29 is 10.0 Å². The first kappa shape index (κ1) is 9.19. The maximum atomic E-state index is 11.6. The molecule has 74 valence electrons. The van der Waals surface area contributed by atoms with Crippen LogP contribution in [-0.2, 0) is 4.79 Å². The zero-order chi connectivity index (χ0) is 10.3. The predicted molar refractivity (Wildman–Crippen MR) is 53.3 cm³/mol. The van der Waals surface area contributed by atoms with Gasteiger partial charge in [-0.2, -0.15) is 0 Å². The molecule has 2 rings (SSSR count). The molecule has 0 saturated carbocycles. The van der Waals surface area contributed by atoms with Crippen LogP contribution < -0.4 is 0 Å². The monoisotopic (exact) mass is 191 g/mol. The van der Waals surface area contributed by atoms with Gasteiger partial charge in [-0.1, -0.05) is 16.3 Å². The maximum Gasteiger partial charge on any atom is 0.162 e. The second-order valence-electron chi connectivity index (χ2n) is 4.04. The Morgan fingerprint density at radius 3 is 2.57 bits per heavy atom. The van der Waals surface area contributed by atoms with E-state index in [0.717, 1.165) is 17.6 Å². The van der Waals surface area contributed by atoms with Gasteiger partial charge in [0.15, 0.2) is 5.78 Å². The first-order chi connectivity index (χ1) is 6.63. The lowest BCUT2D eigenvalue weighted by Crippen LogP contribution is -2.32. The van der Waals surface area contributed by atoms with Gasteiger partial charge in [-0.3, -0.25) is 4.79 Å². The first-order valence-electron chi connectivity index (χ1n) is 4.75. The quantitative estimate of drug-likeness (QED) is 0.470. The Morgan fingerprint density at radius 2 is 1.93 bits per heavy atom. The fraction of sp³-hybridized carbons (Fsp3) is 0.455. The molecule has 0 aromatic heterocycles. The second-order valence-corrected chi connectivity index (χ2v) is 4.04. The smallest absolute Gasteiger partial charge is 0.162 e. The minimum atomic E-state index is 0.00852. The highest BCUT2D eigenvalue weighted by molar-refractivity contribution is 6.06. The summed E-state index contributed by atoms with van der Waals surface area (Å²) in [7, 11) is 0. The number of rotatable bonds is 0. The van der Waals surface area contributed by atoms with Crippen molar-refractivity contribution >= 4 is 11.5 Å². The largest absolute Gasteiger partial charge is 0.411 e. The van der Waals surface area contributed by atoms with Crippen molar-refractivity contribution in [1.29, 1.82) is 0 Å². The van der Waals surface area contributed by atoms with Gasteiger partial charge in [-0.25, -0.2) is 0 Å². The van der Waals surface area contributed by atoms with E-state index in [-0.39, 0.29) is 17.6 Å². The number of nitrogens with zero attached hydrogens (tertiary/aromatic N) is 1. The fourth-order valence-electron chi connectivity index (χ4n) is 2.26. The summed E-state index contributed by atoms with van der Waals surface area (Å²) in [5, 5.41) is 12.1. The van der Waals surface area contributed by atoms with Crippen molar-refractivity contribution in [3.63, 3.8) is 0 Å². The molecular formula is C11H13NO2. The minimum Gasteiger partial charge on any atom is -0.411 e. The second kappa shape index (κ2) is 3.08. The van der Waals surface area contributed by atoms with Gasteiger partial charge >= 0.3 is 0 Å². The number of fused-ring (bicyclic) bond motifs is 2. The Hall–Kier alpha value is -1.38.